The standard InChI is InChI=1S/C4H10NO2.Ti/c1-3(6)5-4(2)7;/h3-4,6-7H,1-2H3;/q-1;. The van der Waals surface area contributed by atoms with E-state index in [0.29, 0.717) is 0 Å². The summed E-state index contributed by atoms with van der Waals surface area (Å²) in [4.78, 5) is 0. The number of rotatable bonds is 2. The topological polar surface area (TPSA) is 54.6 Å². The van der Waals surface area contributed by atoms with Crippen LogP contribution in [0.5, 0.6) is 0 Å². The Balaban J connectivity index is 0. The van der Waals surface area contributed by atoms with Gasteiger partial charge in [-0.15, -0.1) is 0 Å². The van der Waals surface area contributed by atoms with Crippen LogP contribution < -0.4 is 0 Å². The molecule has 48 valence electrons. The van der Waals surface area contributed by atoms with Crippen LogP contribution in [0.25, 0.3) is 5.32 Å². The van der Waals surface area contributed by atoms with E-state index in [-0.39, 0.29) is 21.7 Å². The summed E-state index contributed by atoms with van der Waals surface area (Å²) in [5, 5.41) is 20.2. The van der Waals surface area contributed by atoms with Gasteiger partial charge in [0.2, 0.25) is 0 Å². The van der Waals surface area contributed by atoms with E-state index in [2.05, 4.69) is 5.32 Å². The minimum Gasteiger partial charge on any atom is -0.612 e. The van der Waals surface area contributed by atoms with Crippen LogP contribution in [0, 0.1) is 0 Å². The number of nitrogens with zero attached hydrogens (tertiary/aromatic N) is 1. The molecule has 0 aliphatic heterocycles. The van der Waals surface area contributed by atoms with Crippen molar-refractivity contribution in [3.8, 4) is 0 Å². The van der Waals surface area contributed by atoms with Crippen LogP contribution >= 0.6 is 0 Å². The average molecular weight is 152 g/mol. The molecular weight excluding hydrogens is 142 g/mol. The Kier molecular flexibility index (Phi) is 8.16. The first kappa shape index (κ1) is 11.4. The molecule has 0 aromatic rings. The van der Waals surface area contributed by atoms with Gasteiger partial charge < -0.3 is 15.5 Å². The second-order valence-electron chi connectivity index (χ2n) is 1.41. The molecule has 0 aliphatic carbocycles. The second-order valence-corrected chi connectivity index (χ2v) is 1.41. The first-order chi connectivity index (χ1) is 3.13. The molecule has 4 heteroatoms. The van der Waals surface area contributed by atoms with Gasteiger partial charge in [0.1, 0.15) is 0 Å². The van der Waals surface area contributed by atoms with E-state index in [9.17, 15) is 0 Å². The summed E-state index contributed by atoms with van der Waals surface area (Å²) in [6.07, 6.45) is -1.50. The Morgan fingerprint density at radius 2 is 1.38 bits per heavy atom. The van der Waals surface area contributed by atoms with Crippen LogP contribution in [0.15, 0.2) is 0 Å². The van der Waals surface area contributed by atoms with Crippen LogP contribution in [0.1, 0.15) is 13.8 Å². The van der Waals surface area contributed by atoms with E-state index in [0.717, 1.165) is 0 Å². The Morgan fingerprint density at radius 3 is 1.38 bits per heavy atom. The molecule has 0 aliphatic rings. The van der Waals surface area contributed by atoms with Crippen molar-refractivity contribution < 1.29 is 31.9 Å². The molecule has 0 bridgehead atoms. The molecular formula is C4H10NO2Ti-. The van der Waals surface area contributed by atoms with E-state index >= 15 is 0 Å². The molecule has 3 nitrogen and oxygen atoms in total. The number of aliphatic hydroxyl groups excluding tert-OH is 2. The third-order valence-electron chi connectivity index (χ3n) is 0.431. The molecule has 0 rings (SSSR count). The Morgan fingerprint density at radius 1 is 1.12 bits per heavy atom. The molecule has 0 aromatic heterocycles. The molecule has 0 saturated heterocycles. The van der Waals surface area contributed by atoms with Crippen LogP contribution in [-0.2, 0) is 21.7 Å². The number of hydrogen-bond acceptors (Lipinski definition) is 2. The van der Waals surface area contributed by atoms with E-state index in [1.54, 1.807) is 0 Å². The van der Waals surface area contributed by atoms with Crippen LogP contribution in [0.2, 0.25) is 0 Å². The van der Waals surface area contributed by atoms with Crippen molar-refractivity contribution in [2.24, 2.45) is 0 Å². The van der Waals surface area contributed by atoms with Crippen molar-refractivity contribution in [1.82, 2.24) is 0 Å². The smallest absolute Gasteiger partial charge is 0 e. The zero-order valence-corrected chi connectivity index (χ0v) is 6.56. The fourth-order valence-electron chi connectivity index (χ4n) is 0.312. The van der Waals surface area contributed by atoms with Crippen molar-refractivity contribution in [2.45, 2.75) is 26.3 Å². The minimum absolute atomic E-state index is 0. The maximum absolute atomic E-state index is 8.40. The van der Waals surface area contributed by atoms with Gasteiger partial charge in [0.05, 0.1) is 0 Å². The van der Waals surface area contributed by atoms with Crippen LogP contribution in [0.3, 0.4) is 0 Å². The maximum Gasteiger partial charge on any atom is 0 e. The van der Waals surface area contributed by atoms with Crippen LogP contribution in [0.4, 0.5) is 0 Å². The number of aliphatic hydroxyl groups is 2. The first-order valence-electron chi connectivity index (χ1n) is 2.19. The minimum atomic E-state index is -0.750. The number of hydrogen-bond donors (Lipinski definition) is 2. The summed E-state index contributed by atoms with van der Waals surface area (Å²) < 4.78 is 0. The molecule has 2 atom stereocenters. The summed E-state index contributed by atoms with van der Waals surface area (Å²) >= 11 is 0. The van der Waals surface area contributed by atoms with Crippen molar-refractivity contribution >= 4 is 0 Å². The molecule has 0 heterocycles. The molecule has 0 fully saturated rings. The van der Waals surface area contributed by atoms with Gasteiger partial charge in [-0.25, -0.2) is 0 Å². The normalized spacial score (nSPS) is 16.5. The predicted octanol–water partition coefficient (Wildman–Crippen LogP) is 0.0342. The van der Waals surface area contributed by atoms with Gasteiger partial charge in [-0.05, 0) is 12.5 Å². The maximum atomic E-state index is 8.40. The van der Waals surface area contributed by atoms with Crippen molar-refractivity contribution in [3.05, 3.63) is 5.32 Å². The summed E-state index contributed by atoms with van der Waals surface area (Å²) in [5.41, 5.74) is 0. The summed E-state index contributed by atoms with van der Waals surface area (Å²) in [7, 11) is 0. The van der Waals surface area contributed by atoms with Crippen molar-refractivity contribution in [3.63, 3.8) is 0 Å². The van der Waals surface area contributed by atoms with Gasteiger partial charge >= 0.3 is 0 Å². The molecule has 8 heavy (non-hydrogen) atoms. The van der Waals surface area contributed by atoms with E-state index in [1.165, 1.54) is 13.8 Å². The molecule has 0 aromatic carbocycles. The van der Waals surface area contributed by atoms with Gasteiger partial charge in [-0.3, -0.25) is 0 Å². The zero-order chi connectivity index (χ0) is 5.86. The molecule has 0 spiro atoms. The zero-order valence-electron chi connectivity index (χ0n) is 5.00. The van der Waals surface area contributed by atoms with Crippen molar-refractivity contribution in [2.75, 3.05) is 0 Å². The Bertz CT molecular complexity index is 43.3. The van der Waals surface area contributed by atoms with Gasteiger partial charge in [0, 0.05) is 21.7 Å². The summed E-state index contributed by atoms with van der Waals surface area (Å²) in [6.45, 7) is 2.99. The molecule has 2 unspecified atom stereocenters. The summed E-state index contributed by atoms with van der Waals surface area (Å²) in [5.74, 6) is 0. The van der Waals surface area contributed by atoms with E-state index < -0.39 is 12.5 Å². The third kappa shape index (κ3) is 9.78. The van der Waals surface area contributed by atoms with Crippen molar-refractivity contribution in [1.29, 1.82) is 0 Å². The van der Waals surface area contributed by atoms with Crippen LogP contribution in [-0.4, -0.2) is 22.7 Å². The largest absolute Gasteiger partial charge is 0.612 e. The predicted molar refractivity (Wildman–Crippen MR) is 26.7 cm³/mol. The molecule has 0 saturated carbocycles. The van der Waals surface area contributed by atoms with Gasteiger partial charge in [-0.2, -0.15) is 0 Å². The van der Waals surface area contributed by atoms with E-state index in [1.807, 2.05) is 0 Å². The van der Waals surface area contributed by atoms with Gasteiger partial charge in [0.15, 0.2) is 0 Å². The quantitative estimate of drug-likeness (QED) is 0.548. The molecule has 0 amide bonds. The third-order valence-corrected chi connectivity index (χ3v) is 0.431. The Labute approximate surface area is 64.0 Å². The van der Waals surface area contributed by atoms with Gasteiger partial charge in [-0.1, -0.05) is 13.8 Å². The SMILES string of the molecule is CC(O)[N-]C(C)O.[Ti]. The van der Waals surface area contributed by atoms with E-state index in [4.69, 9.17) is 10.2 Å². The monoisotopic (exact) mass is 152 g/mol. The molecule has 0 radical (unpaired) electrons. The summed E-state index contributed by atoms with van der Waals surface area (Å²) in [6, 6.07) is 0. The molecule has 2 N–H and O–H groups in total. The van der Waals surface area contributed by atoms with Gasteiger partial charge in [0.25, 0.3) is 0 Å². The fraction of sp³-hybridized carbons (Fsp3) is 1.00. The Hall–Kier alpha value is 0.594. The second kappa shape index (κ2) is 5.73. The first-order valence-corrected chi connectivity index (χ1v) is 2.19. The average Bonchev–Trinajstić information content (AvgIpc) is 1.27. The fourth-order valence-corrected chi connectivity index (χ4v) is 0.312.